The van der Waals surface area contributed by atoms with Gasteiger partial charge < -0.3 is 25.0 Å². The summed E-state index contributed by atoms with van der Waals surface area (Å²) in [5, 5.41) is 18.3. The van der Waals surface area contributed by atoms with E-state index in [4.69, 9.17) is 4.74 Å². The Morgan fingerprint density at radius 3 is 2.86 bits per heavy atom. The van der Waals surface area contributed by atoms with E-state index >= 15 is 0 Å². The first kappa shape index (κ1) is 19.3. The third-order valence-electron chi connectivity index (χ3n) is 5.54. The quantitative estimate of drug-likeness (QED) is 0.600. The molecule has 7 nitrogen and oxygen atoms in total. The van der Waals surface area contributed by atoms with Gasteiger partial charge in [-0.05, 0) is 53.3 Å². The van der Waals surface area contributed by atoms with Gasteiger partial charge in [0.2, 0.25) is 0 Å². The zero-order valence-electron chi connectivity index (χ0n) is 16.4. The first-order valence-electron chi connectivity index (χ1n) is 9.85. The molecular formula is C22H26N4O3. The lowest BCUT2D eigenvalue weighted by Crippen LogP contribution is -2.45. The molecule has 1 unspecified atom stereocenters. The zero-order chi connectivity index (χ0) is 20.2. The van der Waals surface area contributed by atoms with Crippen molar-refractivity contribution < 1.29 is 14.6 Å². The number of aromatic nitrogens is 2. The lowest BCUT2D eigenvalue weighted by Gasteiger charge is -2.17. The summed E-state index contributed by atoms with van der Waals surface area (Å²) in [6.07, 6.45) is 6.35. The summed E-state index contributed by atoms with van der Waals surface area (Å²) in [6, 6.07) is 11.5. The Morgan fingerprint density at radius 1 is 1.24 bits per heavy atom. The van der Waals surface area contributed by atoms with Gasteiger partial charge in [0.05, 0.1) is 25.6 Å². The largest absolute Gasteiger partial charge is 0.497 e. The van der Waals surface area contributed by atoms with Crippen LogP contribution in [0, 0.1) is 5.92 Å². The van der Waals surface area contributed by atoms with Crippen molar-refractivity contribution in [3.8, 4) is 5.75 Å². The second kappa shape index (κ2) is 8.53. The summed E-state index contributed by atoms with van der Waals surface area (Å²) in [5.41, 5.74) is 1.02. The van der Waals surface area contributed by atoms with E-state index in [1.54, 1.807) is 19.6 Å². The van der Waals surface area contributed by atoms with E-state index in [0.29, 0.717) is 18.9 Å². The number of carbonyl (C=O) groups is 1. The van der Waals surface area contributed by atoms with E-state index < -0.39 is 6.10 Å². The van der Waals surface area contributed by atoms with Gasteiger partial charge in [-0.25, -0.2) is 9.78 Å². The van der Waals surface area contributed by atoms with Crippen molar-refractivity contribution in [2.45, 2.75) is 38.1 Å². The maximum Gasteiger partial charge on any atom is 0.315 e. The van der Waals surface area contributed by atoms with Gasteiger partial charge in [-0.1, -0.05) is 18.2 Å². The summed E-state index contributed by atoms with van der Waals surface area (Å²) in [5.74, 6) is 1.14. The monoisotopic (exact) mass is 394 g/mol. The highest BCUT2D eigenvalue weighted by atomic mass is 16.5. The van der Waals surface area contributed by atoms with E-state index in [9.17, 15) is 9.90 Å². The fraction of sp³-hybridized carbons (Fsp3) is 0.364. The molecule has 2 amide bonds. The molecule has 0 radical (unpaired) electrons. The molecule has 1 aliphatic carbocycles. The SMILES string of the molecule is COc1ccc2cc(CNC(=O)N[C@@H]3CC(Cn4ccnc4)C[C@H]3O)ccc2c1. The highest BCUT2D eigenvalue weighted by Crippen LogP contribution is 2.27. The van der Waals surface area contributed by atoms with Crippen molar-refractivity contribution in [3.63, 3.8) is 0 Å². The number of ether oxygens (including phenoxy) is 1. The second-order valence-corrected chi connectivity index (χ2v) is 7.65. The minimum absolute atomic E-state index is 0.229. The van der Waals surface area contributed by atoms with Crippen LogP contribution in [-0.4, -0.2) is 39.9 Å². The van der Waals surface area contributed by atoms with E-state index in [0.717, 1.165) is 35.1 Å². The van der Waals surface area contributed by atoms with Crippen molar-refractivity contribution in [2.24, 2.45) is 5.92 Å². The molecule has 3 N–H and O–H groups in total. The number of urea groups is 1. The molecule has 1 heterocycles. The van der Waals surface area contributed by atoms with Crippen LogP contribution < -0.4 is 15.4 Å². The van der Waals surface area contributed by atoms with Gasteiger partial charge >= 0.3 is 6.03 Å². The van der Waals surface area contributed by atoms with Gasteiger partial charge in [0.15, 0.2) is 0 Å². The highest BCUT2D eigenvalue weighted by molar-refractivity contribution is 5.84. The summed E-state index contributed by atoms with van der Waals surface area (Å²) in [4.78, 5) is 16.4. The number of aliphatic hydroxyl groups excluding tert-OH is 1. The van der Waals surface area contributed by atoms with Crippen LogP contribution in [0.4, 0.5) is 4.79 Å². The molecule has 1 fully saturated rings. The second-order valence-electron chi connectivity index (χ2n) is 7.65. The Labute approximate surface area is 169 Å². The van der Waals surface area contributed by atoms with E-state index in [2.05, 4.69) is 21.7 Å². The van der Waals surface area contributed by atoms with Crippen LogP contribution in [0.3, 0.4) is 0 Å². The molecule has 0 bridgehead atoms. The Morgan fingerprint density at radius 2 is 2.07 bits per heavy atom. The summed E-state index contributed by atoms with van der Waals surface area (Å²) < 4.78 is 7.26. The standard InChI is InChI=1S/C22H26N4O3/c1-29-19-5-4-17-8-15(2-3-18(17)11-19)12-24-22(28)25-20-9-16(10-21(20)27)13-26-7-6-23-14-26/h2-8,11,14,16,20-21,27H,9-10,12-13H2,1H3,(H2,24,25,28)/t16?,20-,21-/m1/s1. The molecule has 29 heavy (non-hydrogen) atoms. The molecule has 3 aromatic rings. The molecule has 1 aromatic heterocycles. The van der Waals surface area contributed by atoms with Crippen molar-refractivity contribution in [2.75, 3.05) is 7.11 Å². The fourth-order valence-corrected chi connectivity index (χ4v) is 4.03. The van der Waals surface area contributed by atoms with Crippen molar-refractivity contribution in [1.29, 1.82) is 0 Å². The molecule has 2 aromatic carbocycles. The predicted molar refractivity (Wildman–Crippen MR) is 111 cm³/mol. The van der Waals surface area contributed by atoms with E-state index in [1.807, 2.05) is 41.1 Å². The maximum absolute atomic E-state index is 12.3. The normalized spacial score (nSPS) is 21.2. The van der Waals surface area contributed by atoms with E-state index in [1.165, 1.54) is 0 Å². The number of aliphatic hydroxyl groups is 1. The lowest BCUT2D eigenvalue weighted by atomic mass is 10.1. The predicted octanol–water partition coefficient (Wildman–Crippen LogP) is 2.68. The third-order valence-corrected chi connectivity index (χ3v) is 5.54. The summed E-state index contributed by atoms with van der Waals surface area (Å²) in [6.45, 7) is 1.23. The Bertz CT molecular complexity index is 973. The van der Waals surface area contributed by atoms with Crippen LogP contribution in [0.1, 0.15) is 18.4 Å². The maximum atomic E-state index is 12.3. The fourth-order valence-electron chi connectivity index (χ4n) is 4.03. The van der Waals surface area contributed by atoms with Gasteiger partial charge in [-0.3, -0.25) is 0 Å². The first-order valence-corrected chi connectivity index (χ1v) is 9.85. The molecule has 0 aliphatic heterocycles. The van der Waals surface area contributed by atoms with Gasteiger partial charge in [-0.15, -0.1) is 0 Å². The van der Waals surface area contributed by atoms with Crippen LogP contribution in [0.5, 0.6) is 5.75 Å². The molecule has 1 saturated carbocycles. The minimum Gasteiger partial charge on any atom is -0.497 e. The summed E-state index contributed by atoms with van der Waals surface area (Å²) >= 11 is 0. The number of nitrogens with zero attached hydrogens (tertiary/aromatic N) is 2. The molecule has 4 rings (SSSR count). The molecule has 7 heteroatoms. The number of imidazole rings is 1. The number of methoxy groups -OCH3 is 1. The zero-order valence-corrected chi connectivity index (χ0v) is 16.4. The van der Waals surface area contributed by atoms with Gasteiger partial charge in [0.25, 0.3) is 0 Å². The number of hydrogen-bond acceptors (Lipinski definition) is 4. The number of benzene rings is 2. The Hall–Kier alpha value is -3.06. The van der Waals surface area contributed by atoms with Crippen molar-refractivity contribution in [1.82, 2.24) is 20.2 Å². The Kier molecular flexibility index (Phi) is 5.67. The molecular weight excluding hydrogens is 368 g/mol. The molecule has 0 spiro atoms. The van der Waals surface area contributed by atoms with Crippen molar-refractivity contribution in [3.05, 3.63) is 60.7 Å². The smallest absolute Gasteiger partial charge is 0.315 e. The number of fused-ring (bicyclic) bond motifs is 1. The Balaban J connectivity index is 1.29. The van der Waals surface area contributed by atoms with Crippen molar-refractivity contribution >= 4 is 16.8 Å². The number of nitrogens with one attached hydrogen (secondary N) is 2. The number of rotatable bonds is 6. The molecule has 3 atom stereocenters. The van der Waals surface area contributed by atoms with Gasteiger partial charge in [0.1, 0.15) is 5.75 Å². The lowest BCUT2D eigenvalue weighted by molar-refractivity contribution is 0.146. The number of amides is 2. The summed E-state index contributed by atoms with van der Waals surface area (Å²) in [7, 11) is 1.65. The minimum atomic E-state index is -0.523. The van der Waals surface area contributed by atoms with Gasteiger partial charge in [0, 0.05) is 25.5 Å². The van der Waals surface area contributed by atoms with E-state index in [-0.39, 0.29) is 12.1 Å². The van der Waals surface area contributed by atoms with Crippen LogP contribution in [-0.2, 0) is 13.1 Å². The highest BCUT2D eigenvalue weighted by Gasteiger charge is 2.33. The number of carbonyl (C=O) groups excluding carboxylic acids is 1. The average molecular weight is 394 g/mol. The van der Waals surface area contributed by atoms with Crippen LogP contribution in [0.15, 0.2) is 55.1 Å². The van der Waals surface area contributed by atoms with Gasteiger partial charge in [-0.2, -0.15) is 0 Å². The molecule has 1 aliphatic rings. The average Bonchev–Trinajstić information content (AvgIpc) is 3.35. The van der Waals surface area contributed by atoms with Crippen LogP contribution >= 0.6 is 0 Å². The third kappa shape index (κ3) is 4.68. The molecule has 152 valence electrons. The first-order chi connectivity index (χ1) is 14.1. The number of hydrogen-bond donors (Lipinski definition) is 3. The van der Waals surface area contributed by atoms with Crippen LogP contribution in [0.25, 0.3) is 10.8 Å². The van der Waals surface area contributed by atoms with Crippen LogP contribution in [0.2, 0.25) is 0 Å². The topological polar surface area (TPSA) is 88.4 Å². The molecule has 0 saturated heterocycles.